The molecule has 3 nitrogen and oxygen atoms in total. The summed E-state index contributed by atoms with van der Waals surface area (Å²) in [6, 6.07) is 0. The molecule has 122 valence electrons. The molecule has 0 aliphatic carbocycles. The topological polar surface area (TPSA) is 46.5 Å². The molecule has 0 heterocycles. The summed E-state index contributed by atoms with van der Waals surface area (Å²) in [4.78, 5) is 10.5. The van der Waals surface area contributed by atoms with Crippen LogP contribution in [0.2, 0.25) is 0 Å². The van der Waals surface area contributed by atoms with Crippen molar-refractivity contribution in [2.45, 2.75) is 71.3 Å². The van der Waals surface area contributed by atoms with E-state index in [0.717, 1.165) is 19.3 Å². The van der Waals surface area contributed by atoms with Gasteiger partial charge in [0.25, 0.3) is 0 Å². The molecule has 0 rings (SSSR count). The third kappa shape index (κ3) is 16.3. The molecule has 0 aromatic carbocycles. The molecular formula is C19H28O3. The van der Waals surface area contributed by atoms with Crippen molar-refractivity contribution in [3.05, 3.63) is 12.2 Å². The van der Waals surface area contributed by atoms with Gasteiger partial charge < -0.3 is 9.84 Å². The summed E-state index contributed by atoms with van der Waals surface area (Å²) >= 11 is 0. The molecule has 1 atom stereocenters. The third-order valence-electron chi connectivity index (χ3n) is 2.98. The van der Waals surface area contributed by atoms with Gasteiger partial charge >= 0.3 is 5.97 Å². The number of hydrogen-bond acceptors (Lipinski definition) is 3. The van der Waals surface area contributed by atoms with Crippen LogP contribution in [0.1, 0.15) is 65.2 Å². The predicted octanol–water partition coefficient (Wildman–Crippen LogP) is 3.61. The molecule has 0 saturated heterocycles. The van der Waals surface area contributed by atoms with E-state index in [1.807, 2.05) is 0 Å². The standard InChI is InChI=1S/C19H28O3/c1-3-4-5-9-12-15-19(21)16-13-10-7-6-8-11-14-17-22-18(2)20/h13,16,19,21H,3-5,9,11-12,14-15,17H2,1-2H3. The lowest BCUT2D eigenvalue weighted by Gasteiger charge is -2.03. The van der Waals surface area contributed by atoms with Crippen molar-refractivity contribution in [2.24, 2.45) is 0 Å². The molecule has 0 bridgehead atoms. The summed E-state index contributed by atoms with van der Waals surface area (Å²) in [5.41, 5.74) is 0. The van der Waals surface area contributed by atoms with E-state index in [4.69, 9.17) is 4.74 Å². The van der Waals surface area contributed by atoms with Gasteiger partial charge in [0, 0.05) is 13.3 Å². The van der Waals surface area contributed by atoms with Gasteiger partial charge in [0.05, 0.1) is 12.7 Å². The second kappa shape index (κ2) is 15.7. The van der Waals surface area contributed by atoms with Crippen molar-refractivity contribution >= 4 is 5.97 Å². The Bertz CT molecular complexity index is 429. The van der Waals surface area contributed by atoms with Crippen LogP contribution in [0.25, 0.3) is 0 Å². The summed E-state index contributed by atoms with van der Waals surface area (Å²) in [7, 11) is 0. The van der Waals surface area contributed by atoms with Crippen LogP contribution in [0, 0.1) is 23.7 Å². The molecule has 3 heteroatoms. The molecule has 1 N–H and O–H groups in total. The van der Waals surface area contributed by atoms with Crippen molar-refractivity contribution < 1.29 is 14.6 Å². The van der Waals surface area contributed by atoms with Crippen molar-refractivity contribution in [3.8, 4) is 23.7 Å². The molecule has 0 saturated carbocycles. The van der Waals surface area contributed by atoms with Gasteiger partial charge in [0.1, 0.15) is 0 Å². The fraction of sp³-hybridized carbons (Fsp3) is 0.632. The zero-order valence-electron chi connectivity index (χ0n) is 13.9. The molecule has 0 aromatic heterocycles. The van der Waals surface area contributed by atoms with Crippen LogP contribution in [0.15, 0.2) is 12.2 Å². The Morgan fingerprint density at radius 2 is 1.95 bits per heavy atom. The van der Waals surface area contributed by atoms with E-state index in [-0.39, 0.29) is 5.97 Å². The summed E-state index contributed by atoms with van der Waals surface area (Å²) in [6.45, 7) is 3.99. The lowest BCUT2D eigenvalue weighted by Crippen LogP contribution is -2.01. The average molecular weight is 304 g/mol. The van der Waals surface area contributed by atoms with Crippen LogP contribution < -0.4 is 0 Å². The maximum Gasteiger partial charge on any atom is 0.302 e. The van der Waals surface area contributed by atoms with E-state index in [2.05, 4.69) is 30.6 Å². The van der Waals surface area contributed by atoms with Crippen LogP contribution in [0.5, 0.6) is 0 Å². The fourth-order valence-corrected chi connectivity index (χ4v) is 1.77. The molecule has 0 amide bonds. The van der Waals surface area contributed by atoms with Crippen molar-refractivity contribution in [3.63, 3.8) is 0 Å². The minimum atomic E-state index is -0.410. The molecule has 0 radical (unpaired) electrons. The van der Waals surface area contributed by atoms with Gasteiger partial charge in [-0.1, -0.05) is 50.9 Å². The van der Waals surface area contributed by atoms with Crippen molar-refractivity contribution in [1.82, 2.24) is 0 Å². The number of allylic oxidation sites excluding steroid dienone is 1. The second-order valence-electron chi connectivity index (χ2n) is 5.14. The third-order valence-corrected chi connectivity index (χ3v) is 2.98. The quantitative estimate of drug-likeness (QED) is 0.381. The summed E-state index contributed by atoms with van der Waals surface area (Å²) in [5, 5.41) is 9.72. The van der Waals surface area contributed by atoms with E-state index in [9.17, 15) is 9.90 Å². The van der Waals surface area contributed by atoms with Crippen LogP contribution in [-0.4, -0.2) is 23.8 Å². The summed E-state index contributed by atoms with van der Waals surface area (Å²) in [6.07, 6.45) is 11.1. The molecule has 0 aromatic rings. The molecule has 1 unspecified atom stereocenters. The van der Waals surface area contributed by atoms with Crippen LogP contribution in [0.3, 0.4) is 0 Å². The first-order chi connectivity index (χ1) is 10.7. The van der Waals surface area contributed by atoms with Crippen molar-refractivity contribution in [1.29, 1.82) is 0 Å². The molecule has 0 aliphatic heterocycles. The number of unbranched alkanes of at least 4 members (excludes halogenated alkanes) is 5. The maximum atomic E-state index is 10.5. The van der Waals surface area contributed by atoms with Gasteiger partial charge in [-0.15, -0.1) is 0 Å². The summed E-state index contributed by atoms with van der Waals surface area (Å²) < 4.78 is 4.79. The first-order valence-electron chi connectivity index (χ1n) is 8.13. The van der Waals surface area contributed by atoms with Gasteiger partial charge in [-0.05, 0) is 36.8 Å². The SMILES string of the molecule is CCCCCCCC(O)C=CC#CC#CCCCOC(C)=O. The normalized spacial score (nSPS) is 11.2. The predicted molar refractivity (Wildman–Crippen MR) is 89.9 cm³/mol. The lowest BCUT2D eigenvalue weighted by molar-refractivity contribution is -0.141. The van der Waals surface area contributed by atoms with E-state index in [1.54, 1.807) is 12.2 Å². The van der Waals surface area contributed by atoms with Gasteiger partial charge in [0.2, 0.25) is 0 Å². The minimum absolute atomic E-state index is 0.262. The Balaban J connectivity index is 3.65. The minimum Gasteiger partial charge on any atom is -0.466 e. The fourth-order valence-electron chi connectivity index (χ4n) is 1.77. The number of carbonyl (C=O) groups excluding carboxylic acids is 1. The van der Waals surface area contributed by atoms with Gasteiger partial charge in [0.15, 0.2) is 0 Å². The highest BCUT2D eigenvalue weighted by Crippen LogP contribution is 2.07. The zero-order valence-corrected chi connectivity index (χ0v) is 13.9. The van der Waals surface area contributed by atoms with Crippen LogP contribution in [-0.2, 0) is 9.53 Å². The number of ether oxygens (including phenoxy) is 1. The Morgan fingerprint density at radius 1 is 1.18 bits per heavy atom. The zero-order chi connectivity index (χ0) is 16.5. The number of carbonyl (C=O) groups is 1. The number of hydrogen-bond donors (Lipinski definition) is 1. The Kier molecular flexibility index (Phi) is 14.5. The van der Waals surface area contributed by atoms with Crippen molar-refractivity contribution in [2.75, 3.05) is 6.61 Å². The molecule has 0 spiro atoms. The number of aliphatic hydroxyl groups is 1. The smallest absolute Gasteiger partial charge is 0.302 e. The van der Waals surface area contributed by atoms with Gasteiger partial charge in [-0.3, -0.25) is 4.79 Å². The number of aliphatic hydroxyl groups excluding tert-OH is 1. The molecule has 0 fully saturated rings. The lowest BCUT2D eigenvalue weighted by atomic mass is 10.1. The average Bonchev–Trinajstić information content (AvgIpc) is 2.48. The molecule has 0 aliphatic rings. The van der Waals surface area contributed by atoms with E-state index < -0.39 is 6.10 Å². The Labute approximate surface area is 135 Å². The Morgan fingerprint density at radius 3 is 2.68 bits per heavy atom. The van der Waals surface area contributed by atoms with E-state index in [1.165, 1.54) is 32.6 Å². The number of rotatable bonds is 10. The van der Waals surface area contributed by atoms with E-state index >= 15 is 0 Å². The first-order valence-corrected chi connectivity index (χ1v) is 8.13. The van der Waals surface area contributed by atoms with Gasteiger partial charge in [-0.2, -0.15) is 0 Å². The highest BCUT2D eigenvalue weighted by atomic mass is 16.5. The largest absolute Gasteiger partial charge is 0.466 e. The highest BCUT2D eigenvalue weighted by Gasteiger charge is 1.97. The molecule has 22 heavy (non-hydrogen) atoms. The molecular weight excluding hydrogens is 276 g/mol. The van der Waals surface area contributed by atoms with E-state index in [0.29, 0.717) is 13.0 Å². The first kappa shape index (κ1) is 20.3. The van der Waals surface area contributed by atoms with Crippen LogP contribution in [0.4, 0.5) is 0 Å². The monoisotopic (exact) mass is 304 g/mol. The highest BCUT2D eigenvalue weighted by molar-refractivity contribution is 5.65. The summed E-state index contributed by atoms with van der Waals surface area (Å²) in [5.74, 6) is 10.9. The maximum absolute atomic E-state index is 10.5. The second-order valence-corrected chi connectivity index (χ2v) is 5.14. The van der Waals surface area contributed by atoms with Crippen LogP contribution >= 0.6 is 0 Å². The Hall–Kier alpha value is -1.71. The number of esters is 1. The van der Waals surface area contributed by atoms with Gasteiger partial charge in [-0.25, -0.2) is 0 Å².